The van der Waals surface area contributed by atoms with E-state index in [1.54, 1.807) is 0 Å². The van der Waals surface area contributed by atoms with Crippen molar-refractivity contribution < 1.29 is 60.0 Å². The molecule has 0 radical (unpaired) electrons. The lowest BCUT2D eigenvalue weighted by molar-refractivity contribution is -0.163. The Kier molecular flexibility index (Phi) is 10.7. The summed E-state index contributed by atoms with van der Waals surface area (Å²) >= 11 is 0. The summed E-state index contributed by atoms with van der Waals surface area (Å²) in [4.78, 5) is 39.4. The quantitative estimate of drug-likeness (QED) is 0.197. The number of aldehydes is 1. The van der Waals surface area contributed by atoms with E-state index < -0.39 is 54.8 Å². The molecular weight excluding hydrogens is 312 g/mol. The maximum absolute atomic E-state index is 10.1. The normalized spacial score (nSPS) is 17.0. The zero-order chi connectivity index (χ0) is 18.0. The summed E-state index contributed by atoms with van der Waals surface area (Å²) in [6.45, 7) is 0. The second kappa shape index (κ2) is 10.6. The first-order valence-corrected chi connectivity index (χ1v) is 5.48. The number of hydrogen-bond acceptors (Lipinski definition) is 9. The van der Waals surface area contributed by atoms with E-state index in [1.165, 1.54) is 0 Å². The molecule has 0 aliphatic heterocycles. The fourth-order valence-electron chi connectivity index (χ4n) is 0.868. The van der Waals surface area contributed by atoms with E-state index in [-0.39, 0.29) is 6.29 Å². The van der Waals surface area contributed by atoms with Crippen LogP contribution in [-0.4, -0.2) is 95.6 Å². The molecule has 0 aliphatic rings. The Morgan fingerprint density at radius 2 is 1.27 bits per heavy atom. The monoisotopic (exact) mass is 328 g/mol. The molecule has 0 bridgehead atoms. The summed E-state index contributed by atoms with van der Waals surface area (Å²) in [6, 6.07) is 0. The van der Waals surface area contributed by atoms with Gasteiger partial charge in [-0.05, 0) is 0 Å². The summed E-state index contributed by atoms with van der Waals surface area (Å²) in [5, 5.41) is 67.3. The van der Waals surface area contributed by atoms with Crippen molar-refractivity contribution in [3.63, 3.8) is 0 Å². The van der Waals surface area contributed by atoms with Crippen molar-refractivity contribution in [3.8, 4) is 0 Å². The smallest absolute Gasteiger partial charge is 0.335 e. The first kappa shape index (κ1) is 22.2. The van der Waals surface area contributed by atoms with Crippen LogP contribution in [0.25, 0.3) is 0 Å². The Labute approximate surface area is 122 Å². The van der Waals surface area contributed by atoms with Crippen LogP contribution in [0.5, 0.6) is 0 Å². The Morgan fingerprint density at radius 3 is 1.50 bits per heavy atom. The predicted octanol–water partition coefficient (Wildman–Crippen LogP) is -4.38. The molecule has 0 spiro atoms. The Hall–Kier alpha value is -2.12. The van der Waals surface area contributed by atoms with Gasteiger partial charge in [-0.15, -0.1) is 0 Å². The molecule has 5 unspecified atom stereocenters. The molecule has 5 atom stereocenters. The fraction of sp³-hybridized carbons (Fsp3) is 0.600. The van der Waals surface area contributed by atoms with Crippen molar-refractivity contribution in [1.82, 2.24) is 0 Å². The highest BCUT2D eigenvalue weighted by atomic mass is 16.4. The van der Waals surface area contributed by atoms with Crippen LogP contribution in [0.3, 0.4) is 0 Å². The van der Waals surface area contributed by atoms with Gasteiger partial charge in [-0.2, -0.15) is 0 Å². The van der Waals surface area contributed by atoms with E-state index >= 15 is 0 Å². The largest absolute Gasteiger partial charge is 0.481 e. The van der Waals surface area contributed by atoms with Gasteiger partial charge in [0.1, 0.15) is 18.3 Å². The third-order valence-electron chi connectivity index (χ3n) is 2.07. The molecule has 0 heterocycles. The molecule has 12 nitrogen and oxygen atoms in total. The van der Waals surface area contributed by atoms with Crippen LogP contribution in [0.2, 0.25) is 0 Å². The number of carboxylic acid groups (broad SMARTS) is 3. The molecule has 0 aromatic rings. The fourth-order valence-corrected chi connectivity index (χ4v) is 0.868. The molecule has 8 N–H and O–H groups in total. The van der Waals surface area contributed by atoms with Crippen molar-refractivity contribution in [2.75, 3.05) is 0 Å². The van der Waals surface area contributed by atoms with Crippen LogP contribution in [0.1, 0.15) is 6.42 Å². The van der Waals surface area contributed by atoms with Crippen LogP contribution >= 0.6 is 0 Å². The first-order valence-electron chi connectivity index (χ1n) is 5.48. The number of carbonyl (C=O) groups excluding carboxylic acids is 1. The van der Waals surface area contributed by atoms with E-state index in [0.717, 1.165) is 0 Å². The van der Waals surface area contributed by atoms with Crippen molar-refractivity contribution in [2.45, 2.75) is 36.9 Å². The van der Waals surface area contributed by atoms with E-state index in [9.17, 15) is 19.2 Å². The van der Waals surface area contributed by atoms with Crippen LogP contribution in [0.15, 0.2) is 0 Å². The molecule has 0 saturated heterocycles. The summed E-state index contributed by atoms with van der Waals surface area (Å²) in [5.41, 5.74) is 0. The third kappa shape index (κ3) is 8.93. The molecule has 12 heteroatoms. The van der Waals surface area contributed by atoms with Gasteiger partial charge >= 0.3 is 17.9 Å². The van der Waals surface area contributed by atoms with Crippen LogP contribution in [-0.2, 0) is 19.2 Å². The minimum absolute atomic E-state index is 0.0809. The van der Waals surface area contributed by atoms with Gasteiger partial charge in [-0.1, -0.05) is 0 Å². The first-order chi connectivity index (χ1) is 9.95. The highest BCUT2D eigenvalue weighted by Gasteiger charge is 2.34. The van der Waals surface area contributed by atoms with Gasteiger partial charge in [0.25, 0.3) is 0 Å². The van der Waals surface area contributed by atoms with Gasteiger partial charge in [-0.25, -0.2) is 9.59 Å². The standard InChI is InChI=1S/C6H10O7.C4H6O5/c7-1-2(8)3(9)4(10)5(11)6(12)13;5-2(4(8)9)1-3(6)7/h1-5,8-11H,(H,12,13);2,5H,1H2,(H,6,7)(H,8,9). The van der Waals surface area contributed by atoms with Gasteiger partial charge < -0.3 is 45.6 Å². The molecule has 0 saturated carbocycles. The van der Waals surface area contributed by atoms with Crippen molar-refractivity contribution in [2.24, 2.45) is 0 Å². The van der Waals surface area contributed by atoms with Crippen LogP contribution < -0.4 is 0 Å². The average Bonchev–Trinajstić information content (AvgIpc) is 2.43. The van der Waals surface area contributed by atoms with E-state index in [2.05, 4.69) is 0 Å². The predicted molar refractivity (Wildman–Crippen MR) is 63.6 cm³/mol. The number of rotatable bonds is 8. The molecule has 22 heavy (non-hydrogen) atoms. The molecule has 0 aromatic carbocycles. The highest BCUT2D eigenvalue weighted by molar-refractivity contribution is 5.79. The van der Waals surface area contributed by atoms with Gasteiger partial charge in [0.15, 0.2) is 18.5 Å². The Morgan fingerprint density at radius 1 is 0.818 bits per heavy atom. The summed E-state index contributed by atoms with van der Waals surface area (Å²) in [6.07, 6.45) is -10.9. The highest BCUT2D eigenvalue weighted by Crippen LogP contribution is 2.03. The van der Waals surface area contributed by atoms with Crippen molar-refractivity contribution >= 4 is 24.2 Å². The second-order valence-corrected chi connectivity index (χ2v) is 3.84. The van der Waals surface area contributed by atoms with E-state index in [1.807, 2.05) is 0 Å². The maximum Gasteiger partial charge on any atom is 0.335 e. The minimum atomic E-state index is -2.25. The summed E-state index contributed by atoms with van der Waals surface area (Å²) in [5.74, 6) is -4.60. The zero-order valence-electron chi connectivity index (χ0n) is 10.9. The number of carbonyl (C=O) groups is 4. The van der Waals surface area contributed by atoms with E-state index in [0.29, 0.717) is 0 Å². The number of aliphatic hydroxyl groups is 5. The van der Waals surface area contributed by atoms with Crippen LogP contribution in [0, 0.1) is 0 Å². The number of aliphatic hydroxyl groups excluding tert-OH is 5. The molecule has 0 amide bonds. The zero-order valence-corrected chi connectivity index (χ0v) is 10.9. The molecule has 0 fully saturated rings. The van der Waals surface area contributed by atoms with Crippen molar-refractivity contribution in [1.29, 1.82) is 0 Å². The number of carboxylic acids is 3. The lowest BCUT2D eigenvalue weighted by Crippen LogP contribution is -2.48. The molecule has 128 valence electrons. The maximum atomic E-state index is 10.1. The molecular formula is C10H16O12. The summed E-state index contributed by atoms with van der Waals surface area (Å²) in [7, 11) is 0. The molecule has 0 aliphatic carbocycles. The lowest BCUT2D eigenvalue weighted by atomic mass is 10.0. The van der Waals surface area contributed by atoms with Gasteiger partial charge in [0, 0.05) is 0 Å². The van der Waals surface area contributed by atoms with E-state index in [4.69, 9.17) is 40.9 Å². The van der Waals surface area contributed by atoms with Gasteiger partial charge in [0.2, 0.25) is 0 Å². The third-order valence-corrected chi connectivity index (χ3v) is 2.07. The topological polar surface area (TPSA) is 230 Å². The van der Waals surface area contributed by atoms with Crippen LogP contribution in [0.4, 0.5) is 0 Å². The summed E-state index contributed by atoms with van der Waals surface area (Å²) < 4.78 is 0. The minimum Gasteiger partial charge on any atom is -0.481 e. The van der Waals surface area contributed by atoms with Gasteiger partial charge in [-0.3, -0.25) is 4.79 Å². The Balaban J connectivity index is 0. The van der Waals surface area contributed by atoms with Crippen molar-refractivity contribution in [3.05, 3.63) is 0 Å². The molecule has 0 rings (SSSR count). The van der Waals surface area contributed by atoms with Gasteiger partial charge in [0.05, 0.1) is 6.42 Å². The Bertz CT molecular complexity index is 393. The number of hydrogen-bond donors (Lipinski definition) is 8. The lowest BCUT2D eigenvalue weighted by Gasteiger charge is -2.21. The second-order valence-electron chi connectivity index (χ2n) is 3.84. The molecule has 0 aromatic heterocycles. The SMILES string of the molecule is O=C(O)CC(O)C(=O)O.O=CC(O)C(O)C(O)C(O)C(=O)O. The number of aliphatic carboxylic acids is 3. The average molecular weight is 328 g/mol.